The number of benzene rings is 1. The Morgan fingerprint density at radius 2 is 2.07 bits per heavy atom. The summed E-state index contributed by atoms with van der Waals surface area (Å²) in [5.74, 6) is 0. The Morgan fingerprint density at radius 1 is 1.33 bits per heavy atom. The zero-order chi connectivity index (χ0) is 10.7. The standard InChI is InChI=1S/C10H13NO3S/c12-15(13)11-10(6-7-14-15)8-9-4-2-1-3-5-9/h1-5,10-11H,6-8H2/t10-/m0/s1. The van der Waals surface area contributed by atoms with Crippen LogP contribution < -0.4 is 4.72 Å². The summed E-state index contributed by atoms with van der Waals surface area (Å²) in [6, 6.07) is 9.77. The van der Waals surface area contributed by atoms with Gasteiger partial charge in [-0.3, -0.25) is 4.18 Å². The van der Waals surface area contributed by atoms with Crippen molar-refractivity contribution in [1.29, 1.82) is 0 Å². The monoisotopic (exact) mass is 227 g/mol. The third kappa shape index (κ3) is 3.02. The van der Waals surface area contributed by atoms with Crippen LogP contribution in [0.1, 0.15) is 12.0 Å². The molecule has 1 aromatic carbocycles. The summed E-state index contributed by atoms with van der Waals surface area (Å²) in [7, 11) is -3.50. The zero-order valence-corrected chi connectivity index (χ0v) is 9.03. The highest BCUT2D eigenvalue weighted by Gasteiger charge is 2.24. The lowest BCUT2D eigenvalue weighted by Crippen LogP contribution is -2.42. The SMILES string of the molecule is O=S1(=O)N[C@H](Cc2ccccc2)CCO1. The van der Waals surface area contributed by atoms with Crippen LogP contribution in [0.3, 0.4) is 0 Å². The van der Waals surface area contributed by atoms with Crippen molar-refractivity contribution in [2.45, 2.75) is 18.9 Å². The second-order valence-electron chi connectivity index (χ2n) is 3.57. The first-order chi connectivity index (χ1) is 7.16. The highest BCUT2D eigenvalue weighted by Crippen LogP contribution is 2.11. The molecule has 0 unspecified atom stereocenters. The third-order valence-electron chi connectivity index (χ3n) is 2.34. The van der Waals surface area contributed by atoms with Gasteiger partial charge in [-0.05, 0) is 18.4 Å². The van der Waals surface area contributed by atoms with Crippen molar-refractivity contribution in [3.63, 3.8) is 0 Å². The first-order valence-electron chi connectivity index (χ1n) is 4.86. The maximum atomic E-state index is 11.1. The van der Waals surface area contributed by atoms with Gasteiger partial charge < -0.3 is 0 Å². The Bertz CT molecular complexity index is 416. The minimum atomic E-state index is -3.50. The molecule has 2 rings (SSSR count). The molecular formula is C10H13NO3S. The Labute approximate surface area is 89.5 Å². The summed E-state index contributed by atoms with van der Waals surface area (Å²) in [6.07, 6.45) is 1.43. The Morgan fingerprint density at radius 3 is 2.73 bits per heavy atom. The van der Waals surface area contributed by atoms with E-state index in [1.165, 1.54) is 0 Å². The molecule has 15 heavy (non-hydrogen) atoms. The Balaban J connectivity index is 2.01. The van der Waals surface area contributed by atoms with E-state index in [2.05, 4.69) is 8.91 Å². The van der Waals surface area contributed by atoms with Crippen LogP contribution in [-0.2, 0) is 20.9 Å². The average molecular weight is 227 g/mol. The van der Waals surface area contributed by atoms with Crippen molar-refractivity contribution >= 4 is 10.3 Å². The van der Waals surface area contributed by atoms with Crippen LogP contribution in [0.4, 0.5) is 0 Å². The largest absolute Gasteiger partial charge is 0.336 e. The van der Waals surface area contributed by atoms with E-state index in [4.69, 9.17) is 0 Å². The fourth-order valence-electron chi connectivity index (χ4n) is 1.64. The van der Waals surface area contributed by atoms with Crippen molar-refractivity contribution in [2.24, 2.45) is 0 Å². The van der Waals surface area contributed by atoms with Gasteiger partial charge in [-0.15, -0.1) is 0 Å². The number of hydrogen-bond acceptors (Lipinski definition) is 3. The average Bonchev–Trinajstić information content (AvgIpc) is 2.17. The van der Waals surface area contributed by atoms with Crippen LogP contribution in [0, 0.1) is 0 Å². The molecule has 0 spiro atoms. The second-order valence-corrected chi connectivity index (χ2v) is 4.95. The van der Waals surface area contributed by atoms with Crippen LogP contribution >= 0.6 is 0 Å². The molecule has 0 saturated carbocycles. The molecule has 4 nitrogen and oxygen atoms in total. The molecule has 0 amide bonds. The van der Waals surface area contributed by atoms with Crippen LogP contribution in [0.5, 0.6) is 0 Å². The summed E-state index contributed by atoms with van der Waals surface area (Å²) in [5, 5.41) is 0. The molecule has 1 aromatic rings. The molecule has 82 valence electrons. The molecular weight excluding hydrogens is 214 g/mol. The summed E-state index contributed by atoms with van der Waals surface area (Å²) >= 11 is 0. The normalized spacial score (nSPS) is 24.9. The highest BCUT2D eigenvalue weighted by molar-refractivity contribution is 7.84. The lowest BCUT2D eigenvalue weighted by Gasteiger charge is -2.22. The topological polar surface area (TPSA) is 55.4 Å². The minimum Gasteiger partial charge on any atom is -0.258 e. The maximum absolute atomic E-state index is 11.1. The van der Waals surface area contributed by atoms with Gasteiger partial charge in [0.05, 0.1) is 6.61 Å². The van der Waals surface area contributed by atoms with E-state index in [1.54, 1.807) is 0 Å². The smallest absolute Gasteiger partial charge is 0.258 e. The van der Waals surface area contributed by atoms with Crippen LogP contribution in [0.25, 0.3) is 0 Å². The Kier molecular flexibility index (Phi) is 3.04. The van der Waals surface area contributed by atoms with Gasteiger partial charge in [-0.25, -0.2) is 0 Å². The minimum absolute atomic E-state index is 0.0499. The predicted molar refractivity (Wildman–Crippen MR) is 56.6 cm³/mol. The number of rotatable bonds is 2. The molecule has 1 N–H and O–H groups in total. The molecule has 0 radical (unpaired) electrons. The van der Waals surface area contributed by atoms with E-state index in [9.17, 15) is 8.42 Å². The van der Waals surface area contributed by atoms with Gasteiger partial charge in [0.15, 0.2) is 0 Å². The fraction of sp³-hybridized carbons (Fsp3) is 0.400. The van der Waals surface area contributed by atoms with E-state index in [0.29, 0.717) is 12.8 Å². The molecule has 0 bridgehead atoms. The summed E-state index contributed by atoms with van der Waals surface area (Å²) in [4.78, 5) is 0. The Hall–Kier alpha value is -0.910. The van der Waals surface area contributed by atoms with Crippen LogP contribution in [0.15, 0.2) is 30.3 Å². The summed E-state index contributed by atoms with van der Waals surface area (Å²) in [6.45, 7) is 0.271. The van der Waals surface area contributed by atoms with E-state index < -0.39 is 10.3 Å². The highest BCUT2D eigenvalue weighted by atomic mass is 32.2. The van der Waals surface area contributed by atoms with Gasteiger partial charge in [0.25, 0.3) is 0 Å². The van der Waals surface area contributed by atoms with Gasteiger partial charge >= 0.3 is 10.3 Å². The molecule has 1 aliphatic heterocycles. The van der Waals surface area contributed by atoms with E-state index in [0.717, 1.165) is 5.56 Å². The lowest BCUT2D eigenvalue weighted by molar-refractivity contribution is 0.256. The predicted octanol–water partition coefficient (Wildman–Crippen LogP) is 0.852. The van der Waals surface area contributed by atoms with Crippen LogP contribution in [-0.4, -0.2) is 21.1 Å². The quantitative estimate of drug-likeness (QED) is 0.815. The first kappa shape index (κ1) is 10.6. The summed E-state index contributed by atoms with van der Waals surface area (Å²) in [5.41, 5.74) is 1.13. The van der Waals surface area contributed by atoms with Crippen LogP contribution in [0.2, 0.25) is 0 Å². The fourth-order valence-corrected chi connectivity index (χ4v) is 2.63. The van der Waals surface area contributed by atoms with Crippen molar-refractivity contribution in [2.75, 3.05) is 6.61 Å². The molecule has 1 heterocycles. The molecule has 5 heteroatoms. The lowest BCUT2D eigenvalue weighted by atomic mass is 10.0. The maximum Gasteiger partial charge on any atom is 0.336 e. The van der Waals surface area contributed by atoms with Gasteiger partial charge in [0, 0.05) is 6.04 Å². The summed E-state index contributed by atoms with van der Waals surface area (Å²) < 4.78 is 29.3. The molecule has 0 aliphatic carbocycles. The van der Waals surface area contributed by atoms with E-state index in [1.807, 2.05) is 30.3 Å². The van der Waals surface area contributed by atoms with E-state index in [-0.39, 0.29) is 12.6 Å². The van der Waals surface area contributed by atoms with Crippen molar-refractivity contribution in [1.82, 2.24) is 4.72 Å². The third-order valence-corrected chi connectivity index (χ3v) is 3.44. The van der Waals surface area contributed by atoms with Crippen molar-refractivity contribution in [3.05, 3.63) is 35.9 Å². The second kappa shape index (κ2) is 4.30. The molecule has 1 aliphatic rings. The molecule has 1 saturated heterocycles. The van der Waals surface area contributed by atoms with Gasteiger partial charge in [-0.1, -0.05) is 30.3 Å². The van der Waals surface area contributed by atoms with Crippen molar-refractivity contribution < 1.29 is 12.6 Å². The molecule has 1 atom stereocenters. The van der Waals surface area contributed by atoms with Gasteiger partial charge in [0.2, 0.25) is 0 Å². The van der Waals surface area contributed by atoms with Gasteiger partial charge in [-0.2, -0.15) is 13.1 Å². The molecule has 1 fully saturated rings. The first-order valence-corrected chi connectivity index (χ1v) is 6.27. The van der Waals surface area contributed by atoms with Crippen molar-refractivity contribution in [3.8, 4) is 0 Å². The molecule has 0 aromatic heterocycles. The zero-order valence-electron chi connectivity index (χ0n) is 8.22. The van der Waals surface area contributed by atoms with E-state index >= 15 is 0 Å². The van der Waals surface area contributed by atoms with Gasteiger partial charge in [0.1, 0.15) is 0 Å². The number of hydrogen-bond donors (Lipinski definition) is 1. The number of nitrogens with one attached hydrogen (secondary N) is 1.